The van der Waals surface area contributed by atoms with Gasteiger partial charge in [-0.1, -0.05) is 29.4 Å². The van der Waals surface area contributed by atoms with Crippen LogP contribution in [0.3, 0.4) is 0 Å². The number of hydrogen-bond donors (Lipinski definition) is 2. The maximum Gasteiger partial charge on any atom is 0.250 e. The summed E-state index contributed by atoms with van der Waals surface area (Å²) in [5.41, 5.74) is 7.93. The SMILES string of the molecule is NC(=O)c1cccc2cn(-c3ccc(/C=N\O)cc3)nc12. The Morgan fingerprint density at radius 1 is 1.24 bits per heavy atom. The number of hydrogen-bond acceptors (Lipinski definition) is 4. The van der Waals surface area contributed by atoms with E-state index in [4.69, 9.17) is 10.9 Å². The van der Waals surface area contributed by atoms with Gasteiger partial charge in [0.2, 0.25) is 0 Å². The molecule has 0 aliphatic heterocycles. The molecule has 0 bridgehead atoms. The molecule has 3 rings (SSSR count). The van der Waals surface area contributed by atoms with Gasteiger partial charge in [0.25, 0.3) is 5.91 Å². The van der Waals surface area contributed by atoms with Crippen LogP contribution < -0.4 is 5.73 Å². The highest BCUT2D eigenvalue weighted by molar-refractivity contribution is 6.04. The molecule has 0 spiro atoms. The Balaban J connectivity index is 2.08. The molecule has 3 aromatic rings. The van der Waals surface area contributed by atoms with Crippen molar-refractivity contribution < 1.29 is 10.0 Å². The van der Waals surface area contributed by atoms with Crippen LogP contribution in [0.4, 0.5) is 0 Å². The number of benzene rings is 2. The number of oxime groups is 1. The van der Waals surface area contributed by atoms with Crippen LogP contribution >= 0.6 is 0 Å². The lowest BCUT2D eigenvalue weighted by molar-refractivity contribution is 0.100. The lowest BCUT2D eigenvalue weighted by atomic mass is 10.1. The molecule has 0 saturated carbocycles. The second kappa shape index (κ2) is 5.09. The minimum atomic E-state index is -0.500. The molecule has 6 nitrogen and oxygen atoms in total. The lowest BCUT2D eigenvalue weighted by Crippen LogP contribution is -2.11. The molecular weight excluding hydrogens is 268 g/mol. The molecular formula is C15H12N4O2. The van der Waals surface area contributed by atoms with E-state index >= 15 is 0 Å². The van der Waals surface area contributed by atoms with E-state index in [1.165, 1.54) is 6.21 Å². The summed E-state index contributed by atoms with van der Waals surface area (Å²) < 4.78 is 1.68. The quantitative estimate of drug-likeness (QED) is 0.436. The molecule has 0 aliphatic rings. The van der Waals surface area contributed by atoms with E-state index in [2.05, 4.69) is 10.3 Å². The number of carbonyl (C=O) groups is 1. The number of rotatable bonds is 3. The normalized spacial score (nSPS) is 11.2. The largest absolute Gasteiger partial charge is 0.411 e. The van der Waals surface area contributed by atoms with Gasteiger partial charge < -0.3 is 10.9 Å². The molecule has 2 aromatic carbocycles. The molecule has 1 amide bonds. The predicted octanol–water partition coefficient (Wildman–Crippen LogP) is 1.93. The number of amides is 1. The molecule has 6 heteroatoms. The van der Waals surface area contributed by atoms with Crippen LogP contribution in [-0.4, -0.2) is 27.1 Å². The highest BCUT2D eigenvalue weighted by atomic mass is 16.4. The minimum Gasteiger partial charge on any atom is -0.411 e. The zero-order valence-electron chi connectivity index (χ0n) is 11.0. The van der Waals surface area contributed by atoms with Crippen molar-refractivity contribution >= 4 is 23.0 Å². The van der Waals surface area contributed by atoms with Gasteiger partial charge >= 0.3 is 0 Å². The zero-order chi connectivity index (χ0) is 14.8. The average molecular weight is 280 g/mol. The van der Waals surface area contributed by atoms with Crippen molar-refractivity contribution in [1.82, 2.24) is 9.78 Å². The van der Waals surface area contributed by atoms with Crippen molar-refractivity contribution in [2.45, 2.75) is 0 Å². The van der Waals surface area contributed by atoms with Gasteiger partial charge in [-0.3, -0.25) is 4.79 Å². The van der Waals surface area contributed by atoms with Gasteiger partial charge in [-0.15, -0.1) is 0 Å². The summed E-state index contributed by atoms with van der Waals surface area (Å²) in [6, 6.07) is 12.6. The fraction of sp³-hybridized carbons (Fsp3) is 0. The fourth-order valence-corrected chi connectivity index (χ4v) is 2.16. The Morgan fingerprint density at radius 2 is 2.00 bits per heavy atom. The van der Waals surface area contributed by atoms with E-state index in [0.29, 0.717) is 11.1 Å². The first-order chi connectivity index (χ1) is 10.2. The molecule has 0 unspecified atom stereocenters. The van der Waals surface area contributed by atoms with Gasteiger partial charge in [-0.05, 0) is 23.8 Å². The summed E-state index contributed by atoms with van der Waals surface area (Å²) in [7, 11) is 0. The predicted molar refractivity (Wildman–Crippen MR) is 79.0 cm³/mol. The van der Waals surface area contributed by atoms with Crippen LogP contribution in [0.25, 0.3) is 16.6 Å². The number of primary amides is 1. The molecule has 0 saturated heterocycles. The maximum absolute atomic E-state index is 11.4. The standard InChI is InChI=1S/C15H12N4O2/c16-15(20)13-3-1-2-11-9-19(18-14(11)13)12-6-4-10(5-7-12)8-17-21/h1-9,21H,(H2,16,20)/b17-8-. The van der Waals surface area contributed by atoms with E-state index < -0.39 is 5.91 Å². The number of fused-ring (bicyclic) bond motifs is 1. The maximum atomic E-state index is 11.4. The number of carbonyl (C=O) groups excluding carboxylic acids is 1. The molecule has 0 aliphatic carbocycles. The molecule has 0 fully saturated rings. The molecule has 1 aromatic heterocycles. The van der Waals surface area contributed by atoms with Gasteiger partial charge in [-0.25, -0.2) is 4.68 Å². The number of nitrogens with two attached hydrogens (primary N) is 1. The topological polar surface area (TPSA) is 93.5 Å². The van der Waals surface area contributed by atoms with Gasteiger partial charge in [0.05, 0.1) is 17.5 Å². The average Bonchev–Trinajstić information content (AvgIpc) is 2.92. The molecule has 3 N–H and O–H groups in total. The van der Waals surface area contributed by atoms with Crippen molar-refractivity contribution in [3.05, 3.63) is 59.8 Å². The monoisotopic (exact) mass is 280 g/mol. The van der Waals surface area contributed by atoms with Gasteiger partial charge in [-0.2, -0.15) is 5.10 Å². The summed E-state index contributed by atoms with van der Waals surface area (Å²) in [6.45, 7) is 0. The lowest BCUT2D eigenvalue weighted by Gasteiger charge is -2.01. The number of nitrogens with zero attached hydrogens (tertiary/aromatic N) is 3. The highest BCUT2D eigenvalue weighted by Gasteiger charge is 2.10. The smallest absolute Gasteiger partial charge is 0.250 e. The Hall–Kier alpha value is -3.15. The molecule has 0 radical (unpaired) electrons. The van der Waals surface area contributed by atoms with E-state index in [1.54, 1.807) is 28.9 Å². The van der Waals surface area contributed by atoms with Gasteiger partial charge in [0.1, 0.15) is 5.52 Å². The third kappa shape index (κ3) is 2.34. The minimum absolute atomic E-state index is 0.398. The van der Waals surface area contributed by atoms with Crippen molar-refractivity contribution in [3.63, 3.8) is 0 Å². The highest BCUT2D eigenvalue weighted by Crippen LogP contribution is 2.19. The Kier molecular flexibility index (Phi) is 3.12. The van der Waals surface area contributed by atoms with E-state index in [0.717, 1.165) is 16.6 Å². The zero-order valence-corrected chi connectivity index (χ0v) is 11.0. The summed E-state index contributed by atoms with van der Waals surface area (Å²) in [4.78, 5) is 11.4. The molecule has 21 heavy (non-hydrogen) atoms. The Bertz CT molecular complexity index is 835. The first-order valence-corrected chi connectivity index (χ1v) is 6.25. The second-order valence-electron chi connectivity index (χ2n) is 4.52. The van der Waals surface area contributed by atoms with E-state index in [9.17, 15) is 4.79 Å². The van der Waals surface area contributed by atoms with Crippen LogP contribution in [0.5, 0.6) is 0 Å². The Morgan fingerprint density at radius 3 is 2.67 bits per heavy atom. The fourth-order valence-electron chi connectivity index (χ4n) is 2.16. The van der Waals surface area contributed by atoms with Crippen LogP contribution in [0, 0.1) is 0 Å². The second-order valence-corrected chi connectivity index (χ2v) is 4.52. The molecule has 104 valence electrons. The first-order valence-electron chi connectivity index (χ1n) is 6.25. The van der Waals surface area contributed by atoms with Crippen molar-refractivity contribution in [2.24, 2.45) is 10.9 Å². The Labute approximate surface area is 120 Å². The van der Waals surface area contributed by atoms with Gasteiger partial charge in [0, 0.05) is 11.6 Å². The summed E-state index contributed by atoms with van der Waals surface area (Å²) in [5.74, 6) is -0.500. The summed E-state index contributed by atoms with van der Waals surface area (Å²) in [6.07, 6.45) is 3.17. The molecule has 0 atom stereocenters. The van der Waals surface area contributed by atoms with Crippen LogP contribution in [0.2, 0.25) is 0 Å². The van der Waals surface area contributed by atoms with Crippen molar-refractivity contribution in [1.29, 1.82) is 0 Å². The summed E-state index contributed by atoms with van der Waals surface area (Å²) in [5, 5.41) is 16.7. The summed E-state index contributed by atoms with van der Waals surface area (Å²) >= 11 is 0. The van der Waals surface area contributed by atoms with Crippen molar-refractivity contribution in [3.8, 4) is 5.69 Å². The third-order valence-corrected chi connectivity index (χ3v) is 3.17. The van der Waals surface area contributed by atoms with Crippen LogP contribution in [0.15, 0.2) is 53.8 Å². The van der Waals surface area contributed by atoms with Crippen LogP contribution in [-0.2, 0) is 0 Å². The molecule has 1 heterocycles. The van der Waals surface area contributed by atoms with Crippen molar-refractivity contribution in [2.75, 3.05) is 0 Å². The van der Waals surface area contributed by atoms with E-state index in [-0.39, 0.29) is 0 Å². The van der Waals surface area contributed by atoms with Gasteiger partial charge in [0.15, 0.2) is 0 Å². The van der Waals surface area contributed by atoms with E-state index in [1.807, 2.05) is 24.4 Å². The van der Waals surface area contributed by atoms with Crippen LogP contribution in [0.1, 0.15) is 15.9 Å². The first kappa shape index (κ1) is 12.9. The number of aromatic nitrogens is 2. The third-order valence-electron chi connectivity index (χ3n) is 3.17.